The molecule has 0 saturated carbocycles. The molecule has 0 unspecified atom stereocenters. The van der Waals surface area contributed by atoms with Crippen molar-refractivity contribution in [1.82, 2.24) is 10.9 Å². The van der Waals surface area contributed by atoms with Crippen LogP contribution >= 0.6 is 0 Å². The molecule has 0 radical (unpaired) electrons. The second kappa shape index (κ2) is 7.99. The average molecular weight is 351 g/mol. The number of hydrazine groups is 1. The standard InChI is InChI=1S/C12H12F3N3O6/c1-2-23-11(20)17-16-10(19)8-5-7(24-6-12(13,14)15)3-4-9(8)18(21)22/h3-5H,2,6H2,1H3,(H,16,19)(H,17,20). The van der Waals surface area contributed by atoms with Crippen LogP contribution in [0.25, 0.3) is 0 Å². The maximum absolute atomic E-state index is 12.1. The van der Waals surface area contributed by atoms with Gasteiger partial charge in [-0.15, -0.1) is 0 Å². The Morgan fingerprint density at radius 1 is 1.29 bits per heavy atom. The average Bonchev–Trinajstić information content (AvgIpc) is 2.49. The van der Waals surface area contributed by atoms with Gasteiger partial charge in [0.05, 0.1) is 11.5 Å². The van der Waals surface area contributed by atoms with Gasteiger partial charge in [-0.1, -0.05) is 0 Å². The molecular formula is C12H12F3N3O6. The Bertz CT molecular complexity index is 635. The summed E-state index contributed by atoms with van der Waals surface area (Å²) in [7, 11) is 0. The van der Waals surface area contributed by atoms with E-state index in [1.165, 1.54) is 6.92 Å². The van der Waals surface area contributed by atoms with Crippen LogP contribution in [0.5, 0.6) is 5.75 Å². The summed E-state index contributed by atoms with van der Waals surface area (Å²) in [5.74, 6) is -1.54. The fraction of sp³-hybridized carbons (Fsp3) is 0.333. The van der Waals surface area contributed by atoms with Crippen molar-refractivity contribution < 1.29 is 37.2 Å². The number of nitro groups is 1. The van der Waals surface area contributed by atoms with E-state index in [-0.39, 0.29) is 6.61 Å². The summed E-state index contributed by atoms with van der Waals surface area (Å²) >= 11 is 0. The van der Waals surface area contributed by atoms with Crippen LogP contribution in [-0.4, -0.2) is 36.3 Å². The molecule has 12 heteroatoms. The first kappa shape index (κ1) is 19.0. The smallest absolute Gasteiger partial charge is 0.426 e. The van der Waals surface area contributed by atoms with E-state index in [4.69, 9.17) is 0 Å². The lowest BCUT2D eigenvalue weighted by molar-refractivity contribution is -0.385. The lowest BCUT2D eigenvalue weighted by Gasteiger charge is -2.11. The molecule has 1 rings (SSSR count). The minimum Gasteiger partial charge on any atom is -0.484 e. The van der Waals surface area contributed by atoms with Crippen LogP contribution in [-0.2, 0) is 4.74 Å². The summed E-state index contributed by atoms with van der Waals surface area (Å²) in [5, 5.41) is 10.9. The summed E-state index contributed by atoms with van der Waals surface area (Å²) in [4.78, 5) is 32.9. The summed E-state index contributed by atoms with van der Waals surface area (Å²) in [6.07, 6.45) is -5.63. The van der Waals surface area contributed by atoms with Crippen LogP contribution in [0.15, 0.2) is 18.2 Å². The maximum atomic E-state index is 12.1. The number of hydrogen-bond acceptors (Lipinski definition) is 6. The second-order valence-corrected chi connectivity index (χ2v) is 4.14. The summed E-state index contributed by atoms with van der Waals surface area (Å²) < 4.78 is 45.2. The van der Waals surface area contributed by atoms with Gasteiger partial charge < -0.3 is 9.47 Å². The van der Waals surface area contributed by atoms with Crippen molar-refractivity contribution >= 4 is 17.7 Å². The second-order valence-electron chi connectivity index (χ2n) is 4.14. The number of rotatable bonds is 5. The number of amides is 2. The molecule has 9 nitrogen and oxygen atoms in total. The number of alkyl halides is 3. The third-order valence-corrected chi connectivity index (χ3v) is 2.37. The number of hydrogen-bond donors (Lipinski definition) is 2. The van der Waals surface area contributed by atoms with E-state index in [0.29, 0.717) is 0 Å². The monoisotopic (exact) mass is 351 g/mol. The molecular weight excluding hydrogens is 339 g/mol. The first-order valence-corrected chi connectivity index (χ1v) is 6.35. The highest BCUT2D eigenvalue weighted by molar-refractivity contribution is 5.99. The van der Waals surface area contributed by atoms with Gasteiger partial charge in [-0.2, -0.15) is 13.2 Å². The molecule has 132 valence electrons. The van der Waals surface area contributed by atoms with Crippen molar-refractivity contribution in [3.63, 3.8) is 0 Å². The Kier molecular flexibility index (Phi) is 6.32. The van der Waals surface area contributed by atoms with Crippen molar-refractivity contribution in [2.45, 2.75) is 13.1 Å². The highest BCUT2D eigenvalue weighted by Crippen LogP contribution is 2.25. The van der Waals surface area contributed by atoms with Crippen LogP contribution in [0.4, 0.5) is 23.7 Å². The zero-order valence-corrected chi connectivity index (χ0v) is 12.2. The minimum atomic E-state index is -4.62. The highest BCUT2D eigenvalue weighted by atomic mass is 19.4. The zero-order valence-electron chi connectivity index (χ0n) is 12.2. The Morgan fingerprint density at radius 3 is 2.50 bits per heavy atom. The molecule has 0 fully saturated rings. The number of nitro benzene ring substituents is 1. The van der Waals surface area contributed by atoms with E-state index in [1.807, 2.05) is 10.9 Å². The quantitative estimate of drug-likeness (QED) is 0.618. The molecule has 1 aromatic rings. The highest BCUT2D eigenvalue weighted by Gasteiger charge is 2.29. The molecule has 0 bridgehead atoms. The lowest BCUT2D eigenvalue weighted by atomic mass is 10.1. The molecule has 0 saturated heterocycles. The van der Waals surface area contributed by atoms with E-state index in [0.717, 1.165) is 18.2 Å². The van der Waals surface area contributed by atoms with E-state index in [1.54, 1.807) is 0 Å². The summed E-state index contributed by atoms with van der Waals surface area (Å²) in [6.45, 7) is -0.108. The van der Waals surface area contributed by atoms with E-state index < -0.39 is 46.7 Å². The number of carbonyl (C=O) groups is 2. The van der Waals surface area contributed by atoms with E-state index >= 15 is 0 Å². The SMILES string of the molecule is CCOC(=O)NNC(=O)c1cc(OCC(F)(F)F)ccc1[N+](=O)[O-]. The topological polar surface area (TPSA) is 120 Å². The molecule has 0 heterocycles. The largest absolute Gasteiger partial charge is 0.484 e. The van der Waals surface area contributed by atoms with Crippen molar-refractivity contribution in [2.75, 3.05) is 13.2 Å². The summed E-state index contributed by atoms with van der Waals surface area (Å²) in [5.41, 5.74) is 2.37. The van der Waals surface area contributed by atoms with Gasteiger partial charge in [-0.25, -0.2) is 10.2 Å². The van der Waals surface area contributed by atoms with E-state index in [2.05, 4.69) is 9.47 Å². The van der Waals surface area contributed by atoms with Gasteiger partial charge in [-0.05, 0) is 19.1 Å². The van der Waals surface area contributed by atoms with Crippen molar-refractivity contribution in [3.8, 4) is 5.75 Å². The van der Waals surface area contributed by atoms with Crippen molar-refractivity contribution in [3.05, 3.63) is 33.9 Å². The Labute approximate surface area is 132 Å². The Hall–Kier alpha value is -3.05. The van der Waals surface area contributed by atoms with Crippen LogP contribution in [0.2, 0.25) is 0 Å². The molecule has 1 aromatic carbocycles. The van der Waals surface area contributed by atoms with Gasteiger partial charge in [-0.3, -0.25) is 20.3 Å². The van der Waals surface area contributed by atoms with Gasteiger partial charge in [0.2, 0.25) is 0 Å². The van der Waals surface area contributed by atoms with Crippen LogP contribution in [0.1, 0.15) is 17.3 Å². The lowest BCUT2D eigenvalue weighted by Crippen LogP contribution is -2.42. The van der Waals surface area contributed by atoms with Crippen molar-refractivity contribution in [1.29, 1.82) is 0 Å². The van der Waals surface area contributed by atoms with Crippen molar-refractivity contribution in [2.24, 2.45) is 0 Å². The van der Waals surface area contributed by atoms with Gasteiger partial charge in [0.1, 0.15) is 11.3 Å². The Balaban J connectivity index is 2.93. The third-order valence-electron chi connectivity index (χ3n) is 2.37. The minimum absolute atomic E-state index is 0.0165. The normalized spacial score (nSPS) is 10.7. The predicted molar refractivity (Wildman–Crippen MR) is 72.3 cm³/mol. The Morgan fingerprint density at radius 2 is 1.96 bits per heavy atom. The molecule has 0 aromatic heterocycles. The van der Waals surface area contributed by atoms with E-state index in [9.17, 15) is 32.9 Å². The first-order chi connectivity index (χ1) is 11.1. The molecule has 0 aliphatic carbocycles. The number of halogens is 3. The molecule has 24 heavy (non-hydrogen) atoms. The number of carbonyl (C=O) groups excluding carboxylic acids is 2. The van der Waals surface area contributed by atoms with Crippen LogP contribution in [0, 0.1) is 10.1 Å². The number of ether oxygens (including phenoxy) is 2. The summed E-state index contributed by atoms with van der Waals surface area (Å²) in [6, 6.07) is 2.48. The predicted octanol–water partition coefficient (Wildman–Crippen LogP) is 1.93. The zero-order chi connectivity index (χ0) is 18.3. The third kappa shape index (κ3) is 5.98. The number of benzene rings is 1. The fourth-order valence-electron chi connectivity index (χ4n) is 1.45. The molecule has 0 atom stereocenters. The fourth-order valence-corrected chi connectivity index (χ4v) is 1.45. The van der Waals surface area contributed by atoms with Gasteiger partial charge in [0.15, 0.2) is 6.61 Å². The maximum Gasteiger partial charge on any atom is 0.426 e. The number of nitrogens with zero attached hydrogens (tertiary/aromatic N) is 1. The molecule has 0 aliphatic rings. The molecule has 0 aliphatic heterocycles. The van der Waals surface area contributed by atoms with Gasteiger partial charge >= 0.3 is 12.3 Å². The van der Waals surface area contributed by atoms with Gasteiger partial charge in [0, 0.05) is 6.07 Å². The van der Waals surface area contributed by atoms with Gasteiger partial charge in [0.25, 0.3) is 11.6 Å². The molecule has 2 amide bonds. The number of nitrogens with one attached hydrogen (secondary N) is 2. The van der Waals surface area contributed by atoms with Crippen LogP contribution in [0.3, 0.4) is 0 Å². The van der Waals surface area contributed by atoms with Crippen LogP contribution < -0.4 is 15.6 Å². The molecule has 2 N–H and O–H groups in total. The first-order valence-electron chi connectivity index (χ1n) is 6.35. The molecule has 0 spiro atoms.